The van der Waals surface area contributed by atoms with Crippen LogP contribution in [-0.4, -0.2) is 29.4 Å². The number of amides is 2. The van der Waals surface area contributed by atoms with E-state index in [-0.39, 0.29) is 23.8 Å². The lowest BCUT2D eigenvalue weighted by Gasteiger charge is -2.57. The molecule has 0 heterocycles. The first kappa shape index (κ1) is 20.9. The Kier molecular flexibility index (Phi) is 5.85. The molecule has 4 bridgehead atoms. The van der Waals surface area contributed by atoms with Gasteiger partial charge in [-0.1, -0.05) is 30.3 Å². The van der Waals surface area contributed by atoms with Crippen LogP contribution in [0.2, 0.25) is 0 Å². The summed E-state index contributed by atoms with van der Waals surface area (Å²) < 4.78 is 5.46. The highest BCUT2D eigenvalue weighted by Gasteiger charge is 2.51. The zero-order valence-electron chi connectivity index (χ0n) is 17.9. The molecule has 4 saturated carbocycles. The third kappa shape index (κ3) is 4.68. The first-order chi connectivity index (χ1) is 14.3. The highest BCUT2D eigenvalue weighted by atomic mass is 16.5. The van der Waals surface area contributed by atoms with Crippen molar-refractivity contribution in [2.45, 2.75) is 76.5 Å². The number of carbonyl (C=O) groups excluding carboxylic acids is 3. The second-order valence-corrected chi connectivity index (χ2v) is 9.69. The maximum Gasteiger partial charge on any atom is 0.309 e. The van der Waals surface area contributed by atoms with E-state index in [9.17, 15) is 14.4 Å². The first-order valence-electron chi connectivity index (χ1n) is 11.2. The summed E-state index contributed by atoms with van der Waals surface area (Å²) in [5.74, 6) is 1.28. The van der Waals surface area contributed by atoms with Gasteiger partial charge in [-0.25, -0.2) is 0 Å². The summed E-state index contributed by atoms with van der Waals surface area (Å²) in [6.45, 7) is 3.05. The molecule has 1 aromatic carbocycles. The summed E-state index contributed by atoms with van der Waals surface area (Å²) in [6.07, 6.45) is 6.24. The van der Waals surface area contributed by atoms with Crippen LogP contribution in [0.3, 0.4) is 0 Å². The van der Waals surface area contributed by atoms with Gasteiger partial charge in [0.05, 0.1) is 12.5 Å². The Balaban J connectivity index is 1.33. The number of esters is 1. The van der Waals surface area contributed by atoms with Crippen LogP contribution in [0.4, 0.5) is 0 Å². The van der Waals surface area contributed by atoms with Gasteiger partial charge in [-0.3, -0.25) is 14.4 Å². The summed E-state index contributed by atoms with van der Waals surface area (Å²) in [7, 11) is 0. The molecule has 0 unspecified atom stereocenters. The van der Waals surface area contributed by atoms with E-state index in [1.807, 2.05) is 30.3 Å². The number of hydrogen-bond donors (Lipinski definition) is 2. The zero-order valence-corrected chi connectivity index (χ0v) is 17.9. The van der Waals surface area contributed by atoms with Crippen LogP contribution in [-0.2, 0) is 19.1 Å². The minimum atomic E-state index is -0.848. The number of ether oxygens (including phenoxy) is 1. The van der Waals surface area contributed by atoms with Gasteiger partial charge in [0.1, 0.15) is 0 Å². The predicted octanol–water partition coefficient (Wildman–Crippen LogP) is 3.27. The zero-order chi connectivity index (χ0) is 21.3. The fourth-order valence-corrected chi connectivity index (χ4v) is 6.28. The number of carbonyl (C=O) groups is 3. The molecular weight excluding hydrogens is 380 g/mol. The minimum Gasteiger partial charge on any atom is -0.452 e. The average molecular weight is 413 g/mol. The van der Waals surface area contributed by atoms with Gasteiger partial charge < -0.3 is 15.4 Å². The molecule has 0 saturated heterocycles. The molecule has 1 aromatic rings. The lowest BCUT2D eigenvalue weighted by atomic mass is 9.53. The SMILES string of the molecule is CC(=O)N[C@H](CC(=O)O[C@@H](C)C(=O)NC12CC3CC(CC(C3)C1)C2)c1ccccc1. The fourth-order valence-electron chi connectivity index (χ4n) is 6.28. The summed E-state index contributed by atoms with van der Waals surface area (Å²) in [6, 6.07) is 8.83. The minimum absolute atomic E-state index is 0.0153. The Morgan fingerprint density at radius 1 is 1.03 bits per heavy atom. The van der Waals surface area contributed by atoms with E-state index in [1.165, 1.54) is 26.2 Å². The highest BCUT2D eigenvalue weighted by Crippen LogP contribution is 2.55. The van der Waals surface area contributed by atoms with Crippen molar-refractivity contribution in [3.8, 4) is 0 Å². The second-order valence-electron chi connectivity index (χ2n) is 9.69. The summed E-state index contributed by atoms with van der Waals surface area (Å²) in [5, 5.41) is 6.05. The lowest BCUT2D eigenvalue weighted by Crippen LogP contribution is -2.61. The van der Waals surface area contributed by atoms with E-state index in [0.29, 0.717) is 0 Å². The summed E-state index contributed by atoms with van der Waals surface area (Å²) >= 11 is 0. The van der Waals surface area contributed by atoms with Gasteiger partial charge in [0, 0.05) is 12.5 Å². The molecule has 4 aliphatic carbocycles. The molecule has 0 aliphatic heterocycles. The fraction of sp³-hybridized carbons (Fsp3) is 0.625. The standard InChI is InChI=1S/C24H32N2O4/c1-15(23(29)26-24-12-17-8-18(13-24)10-19(9-17)14-24)30-22(28)11-21(25-16(2)27)20-6-4-3-5-7-20/h3-7,15,17-19,21H,8-14H2,1-2H3,(H,25,27)(H,26,29)/t15-,17?,18?,19?,21+,24?/m0/s1. The van der Waals surface area contributed by atoms with Crippen molar-refractivity contribution in [3.05, 3.63) is 35.9 Å². The number of hydrogen-bond acceptors (Lipinski definition) is 4. The van der Waals surface area contributed by atoms with Crippen molar-refractivity contribution in [3.63, 3.8) is 0 Å². The van der Waals surface area contributed by atoms with Crippen LogP contribution in [0, 0.1) is 17.8 Å². The molecule has 0 radical (unpaired) electrons. The number of benzene rings is 1. The molecular formula is C24H32N2O4. The van der Waals surface area contributed by atoms with Crippen molar-refractivity contribution < 1.29 is 19.1 Å². The Hall–Kier alpha value is -2.37. The van der Waals surface area contributed by atoms with E-state index in [0.717, 1.165) is 42.6 Å². The Bertz CT molecular complexity index is 771. The molecule has 2 N–H and O–H groups in total. The van der Waals surface area contributed by atoms with Crippen LogP contribution >= 0.6 is 0 Å². The molecule has 0 spiro atoms. The quantitative estimate of drug-likeness (QED) is 0.673. The van der Waals surface area contributed by atoms with Gasteiger partial charge in [-0.15, -0.1) is 0 Å². The van der Waals surface area contributed by atoms with Crippen molar-refractivity contribution in [1.29, 1.82) is 0 Å². The van der Waals surface area contributed by atoms with E-state index in [4.69, 9.17) is 4.74 Å². The first-order valence-corrected chi connectivity index (χ1v) is 11.2. The van der Waals surface area contributed by atoms with E-state index in [2.05, 4.69) is 10.6 Å². The maximum absolute atomic E-state index is 12.8. The molecule has 0 aromatic heterocycles. The Labute approximate surface area is 178 Å². The third-order valence-electron chi connectivity index (χ3n) is 7.05. The third-order valence-corrected chi connectivity index (χ3v) is 7.05. The largest absolute Gasteiger partial charge is 0.452 e. The van der Waals surface area contributed by atoms with Crippen LogP contribution in [0.5, 0.6) is 0 Å². The van der Waals surface area contributed by atoms with Crippen molar-refractivity contribution in [1.82, 2.24) is 10.6 Å². The van der Waals surface area contributed by atoms with Gasteiger partial charge in [0.25, 0.3) is 5.91 Å². The Morgan fingerprint density at radius 3 is 2.13 bits per heavy atom. The topological polar surface area (TPSA) is 84.5 Å². The molecule has 30 heavy (non-hydrogen) atoms. The van der Waals surface area contributed by atoms with Crippen molar-refractivity contribution in [2.75, 3.05) is 0 Å². The predicted molar refractivity (Wildman–Crippen MR) is 112 cm³/mol. The molecule has 4 fully saturated rings. The van der Waals surface area contributed by atoms with Crippen molar-refractivity contribution >= 4 is 17.8 Å². The molecule has 162 valence electrons. The van der Waals surface area contributed by atoms with Crippen LogP contribution in [0.1, 0.15) is 70.4 Å². The molecule has 2 amide bonds. The molecule has 2 atom stereocenters. The maximum atomic E-state index is 12.8. The van der Waals surface area contributed by atoms with Gasteiger partial charge in [-0.2, -0.15) is 0 Å². The van der Waals surface area contributed by atoms with Crippen LogP contribution in [0.15, 0.2) is 30.3 Å². The van der Waals surface area contributed by atoms with E-state index >= 15 is 0 Å². The van der Waals surface area contributed by atoms with Crippen molar-refractivity contribution in [2.24, 2.45) is 17.8 Å². The van der Waals surface area contributed by atoms with Crippen LogP contribution < -0.4 is 10.6 Å². The molecule has 6 nitrogen and oxygen atoms in total. The second kappa shape index (κ2) is 8.40. The average Bonchev–Trinajstić information content (AvgIpc) is 2.66. The molecule has 4 aliphatic rings. The summed E-state index contributed by atoms with van der Waals surface area (Å²) in [4.78, 5) is 36.9. The molecule has 5 rings (SSSR count). The van der Waals surface area contributed by atoms with E-state index < -0.39 is 18.1 Å². The number of rotatable bonds is 7. The van der Waals surface area contributed by atoms with Gasteiger partial charge in [0.2, 0.25) is 5.91 Å². The van der Waals surface area contributed by atoms with E-state index in [1.54, 1.807) is 6.92 Å². The normalized spacial score (nSPS) is 30.9. The number of nitrogens with one attached hydrogen (secondary N) is 2. The van der Waals surface area contributed by atoms with Gasteiger partial charge in [0.15, 0.2) is 6.10 Å². The smallest absolute Gasteiger partial charge is 0.309 e. The lowest BCUT2D eigenvalue weighted by molar-refractivity contribution is -0.157. The Morgan fingerprint density at radius 2 is 1.60 bits per heavy atom. The van der Waals surface area contributed by atoms with Gasteiger partial charge >= 0.3 is 5.97 Å². The van der Waals surface area contributed by atoms with Gasteiger partial charge in [-0.05, 0) is 68.8 Å². The monoisotopic (exact) mass is 412 g/mol. The highest BCUT2D eigenvalue weighted by molar-refractivity contribution is 5.84. The molecule has 6 heteroatoms. The van der Waals surface area contributed by atoms with Crippen LogP contribution in [0.25, 0.3) is 0 Å². The summed E-state index contributed by atoms with van der Waals surface area (Å²) in [5.41, 5.74) is 0.727.